The van der Waals surface area contributed by atoms with Crippen molar-refractivity contribution in [1.29, 1.82) is 0 Å². The number of nitrogens with zero attached hydrogens (tertiary/aromatic N) is 3. The number of hydrogen-bond donors (Lipinski definition) is 0. The van der Waals surface area contributed by atoms with Gasteiger partial charge in [0.05, 0.1) is 10.3 Å². The maximum atomic E-state index is 11.0. The second-order valence-corrected chi connectivity index (χ2v) is 4.39. The summed E-state index contributed by atoms with van der Waals surface area (Å²) in [7, 11) is 3.91. The van der Waals surface area contributed by atoms with Crippen LogP contribution in [-0.2, 0) is 0 Å². The largest absolute Gasteiger partial charge is 0.490 e. The van der Waals surface area contributed by atoms with Crippen molar-refractivity contribution >= 4 is 29.0 Å². The summed E-state index contributed by atoms with van der Waals surface area (Å²) < 4.78 is 5.64. The molecule has 0 atom stereocenters. The van der Waals surface area contributed by atoms with Crippen molar-refractivity contribution < 1.29 is 9.66 Å². The van der Waals surface area contributed by atoms with E-state index in [0.717, 1.165) is 6.54 Å². The highest BCUT2D eigenvalue weighted by atomic mass is 35.5. The predicted molar refractivity (Wildman–Crippen MR) is 79.7 cm³/mol. The Labute approximate surface area is 122 Å². The molecule has 6 nitrogen and oxygen atoms in total. The van der Waals surface area contributed by atoms with Gasteiger partial charge in [-0.1, -0.05) is 0 Å². The Hall–Kier alpha value is -1.92. The van der Waals surface area contributed by atoms with Gasteiger partial charge in [0.2, 0.25) is 0 Å². The number of ether oxygens (including phenoxy) is 1. The van der Waals surface area contributed by atoms with Crippen molar-refractivity contribution in [3.8, 4) is 5.75 Å². The Bertz CT molecular complexity index is 604. The Morgan fingerprint density at radius 2 is 2.10 bits per heavy atom. The molecule has 20 heavy (non-hydrogen) atoms. The van der Waals surface area contributed by atoms with Gasteiger partial charge >= 0.3 is 0 Å². The average Bonchev–Trinajstić information content (AvgIpc) is 2.38. The number of halogens is 1. The Morgan fingerprint density at radius 1 is 1.35 bits per heavy atom. The van der Waals surface area contributed by atoms with Crippen molar-refractivity contribution in [2.24, 2.45) is 0 Å². The highest BCUT2D eigenvalue weighted by Gasteiger charge is 2.15. The summed E-state index contributed by atoms with van der Waals surface area (Å²) in [5.74, 6) is 0.572. The topological polar surface area (TPSA) is 68.5 Å². The number of nitro benzene ring substituents is 1. The number of non-ortho nitro benzene ring substituents is 1. The third-order valence-electron chi connectivity index (χ3n) is 2.70. The van der Waals surface area contributed by atoms with Crippen LogP contribution in [0.2, 0.25) is 0 Å². The van der Waals surface area contributed by atoms with Crippen molar-refractivity contribution in [2.45, 2.75) is 0 Å². The quantitative estimate of drug-likeness (QED) is 0.626. The first-order valence-electron chi connectivity index (χ1n) is 5.89. The monoisotopic (exact) mass is 297 g/mol. The molecule has 108 valence electrons. The summed E-state index contributed by atoms with van der Waals surface area (Å²) in [5.41, 5.74) is 0.568. The van der Waals surface area contributed by atoms with Crippen LogP contribution in [-0.4, -0.2) is 42.1 Å². The molecule has 2 rings (SSSR count). The Kier molecular flexibility index (Phi) is 5.66. The molecule has 0 aliphatic carbocycles. The summed E-state index contributed by atoms with van der Waals surface area (Å²) in [5, 5.41) is 11.5. The summed E-state index contributed by atoms with van der Waals surface area (Å²) in [6.07, 6.45) is 1.60. The molecule has 0 N–H and O–H groups in total. The fourth-order valence-electron chi connectivity index (χ4n) is 1.75. The first-order valence-corrected chi connectivity index (χ1v) is 5.89. The summed E-state index contributed by atoms with van der Waals surface area (Å²) in [6, 6.07) is 6.41. The van der Waals surface area contributed by atoms with Gasteiger partial charge < -0.3 is 9.64 Å². The van der Waals surface area contributed by atoms with E-state index in [-0.39, 0.29) is 18.1 Å². The van der Waals surface area contributed by atoms with Gasteiger partial charge in [-0.2, -0.15) is 0 Å². The number of fused-ring (bicyclic) bond motifs is 1. The fraction of sp³-hybridized carbons (Fsp3) is 0.308. The van der Waals surface area contributed by atoms with Crippen LogP contribution < -0.4 is 4.74 Å². The van der Waals surface area contributed by atoms with Crippen LogP contribution in [0.25, 0.3) is 10.9 Å². The predicted octanol–water partition coefficient (Wildman–Crippen LogP) is 2.51. The van der Waals surface area contributed by atoms with Crippen LogP contribution in [0.15, 0.2) is 30.5 Å². The third kappa shape index (κ3) is 3.55. The van der Waals surface area contributed by atoms with Gasteiger partial charge in [-0.25, -0.2) is 0 Å². The molecule has 0 saturated heterocycles. The van der Waals surface area contributed by atoms with Gasteiger partial charge in [0, 0.05) is 18.8 Å². The average molecular weight is 298 g/mol. The molecule has 0 bridgehead atoms. The molecule has 0 unspecified atom stereocenters. The maximum Gasteiger partial charge on any atom is 0.279 e. The minimum atomic E-state index is -0.409. The summed E-state index contributed by atoms with van der Waals surface area (Å²) in [6.45, 7) is 1.28. The molecule has 0 aliphatic rings. The lowest BCUT2D eigenvalue weighted by atomic mass is 10.1. The minimum absolute atomic E-state index is 0. The number of pyridine rings is 1. The highest BCUT2D eigenvalue weighted by molar-refractivity contribution is 5.92. The lowest BCUT2D eigenvalue weighted by Gasteiger charge is -2.12. The lowest BCUT2D eigenvalue weighted by Crippen LogP contribution is -2.19. The van der Waals surface area contributed by atoms with E-state index in [0.29, 0.717) is 23.3 Å². The maximum absolute atomic E-state index is 11.0. The molecule has 0 saturated carbocycles. The zero-order valence-electron chi connectivity index (χ0n) is 11.3. The second-order valence-electron chi connectivity index (χ2n) is 4.39. The Morgan fingerprint density at radius 3 is 2.75 bits per heavy atom. The number of rotatable bonds is 5. The van der Waals surface area contributed by atoms with E-state index in [2.05, 4.69) is 4.98 Å². The molecule has 1 heterocycles. The van der Waals surface area contributed by atoms with Crippen LogP contribution in [0, 0.1) is 10.1 Å². The van der Waals surface area contributed by atoms with Gasteiger partial charge in [-0.05, 0) is 32.3 Å². The van der Waals surface area contributed by atoms with Crippen molar-refractivity contribution in [1.82, 2.24) is 9.88 Å². The standard InChI is InChI=1S/C13H15N3O3.ClH/c1-15(2)8-9-19-12-6-5-11(16(17)18)10-4-3-7-14-13(10)12;/h3-7H,8-9H2,1-2H3;1H. The first-order chi connectivity index (χ1) is 9.09. The van der Waals surface area contributed by atoms with E-state index in [1.807, 2.05) is 19.0 Å². The summed E-state index contributed by atoms with van der Waals surface area (Å²) in [4.78, 5) is 16.7. The van der Waals surface area contributed by atoms with Crippen molar-refractivity contribution in [3.63, 3.8) is 0 Å². The van der Waals surface area contributed by atoms with E-state index in [4.69, 9.17) is 4.74 Å². The molecule has 1 aromatic heterocycles. The van der Waals surface area contributed by atoms with Gasteiger partial charge in [0.15, 0.2) is 0 Å². The summed E-state index contributed by atoms with van der Waals surface area (Å²) >= 11 is 0. The molecule has 0 amide bonds. The molecule has 0 aliphatic heterocycles. The number of nitro groups is 1. The molecule has 0 fully saturated rings. The lowest BCUT2D eigenvalue weighted by molar-refractivity contribution is -0.383. The Balaban J connectivity index is 0.00000200. The first kappa shape index (κ1) is 16.1. The van der Waals surface area contributed by atoms with E-state index in [1.54, 1.807) is 24.4 Å². The van der Waals surface area contributed by atoms with Gasteiger partial charge in [0.1, 0.15) is 17.9 Å². The molecule has 2 aromatic rings. The third-order valence-corrected chi connectivity index (χ3v) is 2.70. The van der Waals surface area contributed by atoms with Gasteiger partial charge in [-0.3, -0.25) is 15.1 Å². The number of likely N-dealkylation sites (N-methyl/N-ethyl adjacent to an activating group) is 1. The molecule has 7 heteroatoms. The van der Waals surface area contributed by atoms with Crippen LogP contribution in [0.1, 0.15) is 0 Å². The zero-order chi connectivity index (χ0) is 13.8. The van der Waals surface area contributed by atoms with E-state index in [9.17, 15) is 10.1 Å². The van der Waals surface area contributed by atoms with Crippen LogP contribution in [0.5, 0.6) is 5.75 Å². The molecule has 0 spiro atoms. The zero-order valence-corrected chi connectivity index (χ0v) is 12.1. The minimum Gasteiger partial charge on any atom is -0.490 e. The molecule has 0 radical (unpaired) electrons. The number of aromatic nitrogens is 1. The van der Waals surface area contributed by atoms with Crippen LogP contribution in [0.3, 0.4) is 0 Å². The smallest absolute Gasteiger partial charge is 0.279 e. The molecule has 1 aromatic carbocycles. The fourth-order valence-corrected chi connectivity index (χ4v) is 1.75. The SMILES string of the molecule is CN(C)CCOc1ccc([N+](=O)[O-])c2cccnc12.Cl. The van der Waals surface area contributed by atoms with Gasteiger partial charge in [0.25, 0.3) is 5.69 Å². The van der Waals surface area contributed by atoms with E-state index >= 15 is 0 Å². The normalized spacial score (nSPS) is 10.3. The van der Waals surface area contributed by atoms with E-state index in [1.165, 1.54) is 6.07 Å². The van der Waals surface area contributed by atoms with Crippen LogP contribution >= 0.6 is 12.4 Å². The molecular weight excluding hydrogens is 282 g/mol. The van der Waals surface area contributed by atoms with Crippen molar-refractivity contribution in [3.05, 3.63) is 40.6 Å². The van der Waals surface area contributed by atoms with E-state index < -0.39 is 4.92 Å². The van der Waals surface area contributed by atoms with Crippen LogP contribution in [0.4, 0.5) is 5.69 Å². The number of benzene rings is 1. The highest BCUT2D eigenvalue weighted by Crippen LogP contribution is 2.31. The van der Waals surface area contributed by atoms with Gasteiger partial charge in [-0.15, -0.1) is 12.4 Å². The van der Waals surface area contributed by atoms with Crippen molar-refractivity contribution in [2.75, 3.05) is 27.2 Å². The second kappa shape index (κ2) is 7.02. The number of hydrogen-bond acceptors (Lipinski definition) is 5. The molecular formula is C13H16ClN3O3.